The maximum atomic E-state index is 6.41. The van der Waals surface area contributed by atoms with E-state index >= 15 is 0 Å². The molecular formula is C106H62N6O3. The maximum absolute atomic E-state index is 6.41. The van der Waals surface area contributed by atoms with Gasteiger partial charge in [0.2, 0.25) is 0 Å². The Kier molecular flexibility index (Phi) is 15.1. The first-order valence-corrected chi connectivity index (χ1v) is 38.7. The highest BCUT2D eigenvalue weighted by molar-refractivity contribution is 6.27. The lowest BCUT2D eigenvalue weighted by atomic mass is 9.90. The van der Waals surface area contributed by atoms with Gasteiger partial charge >= 0.3 is 0 Å². The highest BCUT2D eigenvalue weighted by Crippen LogP contribution is 2.47. The van der Waals surface area contributed by atoms with Crippen molar-refractivity contribution in [2.75, 3.05) is 0 Å². The fourth-order valence-electron chi connectivity index (χ4n) is 17.9. The Labute approximate surface area is 657 Å². The molecule has 0 N–H and O–H groups in total. The van der Waals surface area contributed by atoms with Gasteiger partial charge in [-0.15, -0.1) is 0 Å². The first-order valence-electron chi connectivity index (χ1n) is 38.7. The van der Waals surface area contributed by atoms with E-state index in [9.17, 15) is 0 Å². The summed E-state index contributed by atoms with van der Waals surface area (Å²) in [4.78, 5) is 28.1. The number of fused-ring (bicyclic) bond motifs is 28. The molecule has 115 heavy (non-hydrogen) atoms. The van der Waals surface area contributed by atoms with Crippen LogP contribution in [0.2, 0.25) is 0 Å². The van der Waals surface area contributed by atoms with E-state index in [1.54, 1.807) is 37.2 Å². The summed E-state index contributed by atoms with van der Waals surface area (Å²) in [5, 5.41) is 23.1. The number of hydrogen-bond donors (Lipinski definition) is 0. The van der Waals surface area contributed by atoms with E-state index in [0.29, 0.717) is 0 Å². The molecule has 0 saturated heterocycles. The van der Waals surface area contributed by atoms with Crippen LogP contribution in [0.3, 0.4) is 0 Å². The minimum Gasteiger partial charge on any atom is -0.455 e. The fraction of sp³-hybridized carbons (Fsp3) is 0. The number of para-hydroxylation sites is 6. The molecule has 6 aromatic heterocycles. The Morgan fingerprint density at radius 2 is 0.409 bits per heavy atom. The molecule has 0 aliphatic carbocycles. The third kappa shape index (κ3) is 10.6. The standard InChI is InChI=1S/C38H22N2O.2C34H20N2O/c1-2-9-26-25(8-1)24(18-19-28(26)32-13-7-14-33-29-11-5-6-15-35(29)41-38(32)33)23-16-17-31-34(22-23)27-10-3-4-12-30(27)36-37(31)40-21-20-39-36;1-2-11-27-25(9-1)30-20-22(15-16-28(30)33-32(27)35-17-18-36-33)21-7-5-8-23(19-21)24-12-6-13-29-26-10-3-4-14-31(26)37-34(24)29;1-2-9-23(28-13-7-14-29-25-11-5-6-15-31(25)37-34(28)29)22(8-1)21-16-17-27-30(20-21)24-10-3-4-12-26(24)32-33(27)36-19-18-35-32/h1-22H;2*1-20H. The van der Waals surface area contributed by atoms with Crippen molar-refractivity contribution in [3.63, 3.8) is 0 Å². The lowest BCUT2D eigenvalue weighted by Gasteiger charge is -2.14. The van der Waals surface area contributed by atoms with Crippen molar-refractivity contribution in [1.29, 1.82) is 0 Å². The van der Waals surface area contributed by atoms with E-state index in [2.05, 4.69) is 323 Å². The van der Waals surface area contributed by atoms with Gasteiger partial charge in [-0.2, -0.15) is 0 Å². The molecule has 0 radical (unpaired) electrons. The van der Waals surface area contributed by atoms with Gasteiger partial charge in [-0.3, -0.25) is 29.9 Å². The zero-order valence-corrected chi connectivity index (χ0v) is 61.7. The van der Waals surface area contributed by atoms with Gasteiger partial charge < -0.3 is 13.3 Å². The molecule has 25 aromatic rings. The van der Waals surface area contributed by atoms with Crippen LogP contribution in [-0.4, -0.2) is 29.9 Å². The maximum Gasteiger partial charge on any atom is 0.143 e. The van der Waals surface area contributed by atoms with Crippen molar-refractivity contribution in [3.8, 4) is 66.8 Å². The number of benzene rings is 19. The van der Waals surface area contributed by atoms with Gasteiger partial charge in [0, 0.05) is 119 Å². The second-order valence-corrected chi connectivity index (χ2v) is 29.4. The molecule has 0 fully saturated rings. The number of furan rings is 3. The first-order chi connectivity index (χ1) is 57.1. The normalized spacial score (nSPS) is 11.8. The van der Waals surface area contributed by atoms with E-state index in [1.165, 1.54) is 70.9 Å². The van der Waals surface area contributed by atoms with Crippen LogP contribution < -0.4 is 0 Å². The highest BCUT2D eigenvalue weighted by Gasteiger charge is 2.22. The second kappa shape index (κ2) is 26.6. The van der Waals surface area contributed by atoms with Gasteiger partial charge in [0.25, 0.3) is 0 Å². The van der Waals surface area contributed by atoms with Crippen molar-refractivity contribution >= 4 is 174 Å². The molecule has 19 aromatic carbocycles. The molecule has 0 atom stereocenters. The number of rotatable bonds is 6. The third-order valence-electron chi connectivity index (χ3n) is 23.1. The Morgan fingerprint density at radius 3 is 0.861 bits per heavy atom. The smallest absolute Gasteiger partial charge is 0.143 e. The summed E-state index contributed by atoms with van der Waals surface area (Å²) in [7, 11) is 0. The molecule has 0 amide bonds. The van der Waals surface area contributed by atoms with Crippen LogP contribution in [0.4, 0.5) is 0 Å². The van der Waals surface area contributed by atoms with Gasteiger partial charge in [-0.1, -0.05) is 297 Å². The summed E-state index contributed by atoms with van der Waals surface area (Å²) in [6.45, 7) is 0. The third-order valence-corrected chi connectivity index (χ3v) is 23.1. The van der Waals surface area contributed by atoms with Gasteiger partial charge in [0.05, 0.1) is 33.1 Å². The Morgan fingerprint density at radius 1 is 0.139 bits per heavy atom. The van der Waals surface area contributed by atoms with E-state index in [4.69, 9.17) is 23.2 Å². The highest BCUT2D eigenvalue weighted by atomic mass is 16.3. The SMILES string of the molecule is c1cc(-c2ccc3c(c2)c2ccccc2c2nccnc32)cc(-c2cccc3c2oc2ccccc23)c1.c1ccc(-c2cccc3c2oc2ccccc23)c(-c2ccc3c(c2)c2ccccc2c2nccnc32)c1.c1ccc2c(c1)oc1c(-c3ccc(-c4ccc5c(c4)c4ccccc4c4nccnc54)c4ccccc34)cccc12. The summed E-state index contributed by atoms with van der Waals surface area (Å²) < 4.78 is 19.1. The van der Waals surface area contributed by atoms with Crippen molar-refractivity contribution < 1.29 is 13.3 Å². The zero-order valence-electron chi connectivity index (χ0n) is 61.7. The van der Waals surface area contributed by atoms with Gasteiger partial charge in [-0.25, -0.2) is 0 Å². The zero-order chi connectivity index (χ0) is 75.6. The minimum absolute atomic E-state index is 0.910. The van der Waals surface area contributed by atoms with E-state index in [1.807, 2.05) is 36.4 Å². The van der Waals surface area contributed by atoms with Crippen molar-refractivity contribution in [1.82, 2.24) is 29.9 Å². The Hall–Kier alpha value is -15.6. The van der Waals surface area contributed by atoms with Crippen molar-refractivity contribution in [2.45, 2.75) is 0 Å². The molecule has 0 aliphatic heterocycles. The van der Waals surface area contributed by atoms with Crippen LogP contribution in [0.25, 0.3) is 241 Å². The van der Waals surface area contributed by atoms with E-state index in [0.717, 1.165) is 170 Å². The van der Waals surface area contributed by atoms with Crippen LogP contribution in [0.15, 0.2) is 390 Å². The van der Waals surface area contributed by atoms with Crippen LogP contribution in [0.1, 0.15) is 0 Å². The van der Waals surface area contributed by atoms with Gasteiger partial charge in [-0.05, 0) is 136 Å². The Bertz CT molecular complexity index is 8240. The molecule has 534 valence electrons. The predicted octanol–water partition coefficient (Wildman–Crippen LogP) is 28.7. The number of hydrogen-bond acceptors (Lipinski definition) is 9. The summed E-state index contributed by atoms with van der Waals surface area (Å²) in [5.41, 5.74) is 24.9. The molecule has 9 nitrogen and oxygen atoms in total. The van der Waals surface area contributed by atoms with Crippen LogP contribution in [0, 0.1) is 0 Å². The molecule has 0 saturated carbocycles. The fourth-order valence-corrected chi connectivity index (χ4v) is 17.9. The van der Waals surface area contributed by atoms with E-state index in [-0.39, 0.29) is 0 Å². The Balaban J connectivity index is 0.000000102. The van der Waals surface area contributed by atoms with Crippen molar-refractivity contribution in [3.05, 3.63) is 377 Å². The average molecular weight is 1470 g/mol. The first kappa shape index (κ1) is 65.3. The molecule has 0 bridgehead atoms. The number of aromatic nitrogens is 6. The molecule has 0 unspecified atom stereocenters. The lowest BCUT2D eigenvalue weighted by molar-refractivity contribution is 0.669. The second-order valence-electron chi connectivity index (χ2n) is 29.4. The molecule has 0 aliphatic rings. The van der Waals surface area contributed by atoms with E-state index < -0.39 is 0 Å². The predicted molar refractivity (Wildman–Crippen MR) is 476 cm³/mol. The summed E-state index contributed by atoms with van der Waals surface area (Å²) in [6.07, 6.45) is 10.6. The van der Waals surface area contributed by atoms with Crippen LogP contribution in [0.5, 0.6) is 0 Å². The lowest BCUT2D eigenvalue weighted by Crippen LogP contribution is -1.90. The topological polar surface area (TPSA) is 117 Å². The molecule has 25 rings (SSSR count). The summed E-state index contributed by atoms with van der Waals surface area (Å²) in [5.74, 6) is 0. The monoisotopic (exact) mass is 1470 g/mol. The van der Waals surface area contributed by atoms with Crippen molar-refractivity contribution in [2.24, 2.45) is 0 Å². The summed E-state index contributed by atoms with van der Waals surface area (Å²) in [6, 6.07) is 120. The number of nitrogens with zero attached hydrogens (tertiary/aromatic N) is 6. The molecule has 9 heteroatoms. The quantitative estimate of drug-likeness (QED) is 0.150. The van der Waals surface area contributed by atoms with Crippen LogP contribution in [-0.2, 0) is 0 Å². The molecular weight excluding hydrogens is 1410 g/mol. The molecule has 0 spiro atoms. The molecule has 6 heterocycles. The average Bonchev–Trinajstić information content (AvgIpc) is 1.51. The summed E-state index contributed by atoms with van der Waals surface area (Å²) >= 11 is 0. The van der Waals surface area contributed by atoms with Crippen LogP contribution >= 0.6 is 0 Å². The van der Waals surface area contributed by atoms with Gasteiger partial charge in [0.15, 0.2) is 0 Å². The van der Waals surface area contributed by atoms with Gasteiger partial charge in [0.1, 0.15) is 33.5 Å². The largest absolute Gasteiger partial charge is 0.455 e. The minimum atomic E-state index is 0.910.